The average molecular weight is 334 g/mol. The van der Waals surface area contributed by atoms with Crippen LogP contribution < -0.4 is 24.8 Å². The molecule has 2 N–H and O–H groups in total. The van der Waals surface area contributed by atoms with Gasteiger partial charge in [0.05, 0.1) is 34.1 Å². The third kappa shape index (κ3) is 4.58. The van der Waals surface area contributed by atoms with E-state index in [9.17, 15) is 4.79 Å². The SMILES string of the molecule is COc1cc(NCCC(=O)NCc2ccco2)cc(OC)c1OC. The molecule has 0 bridgehead atoms. The first-order valence-corrected chi connectivity index (χ1v) is 7.51. The molecular formula is C17H22N2O5. The molecule has 0 saturated heterocycles. The second-order valence-corrected chi connectivity index (χ2v) is 4.95. The minimum atomic E-state index is -0.0636. The molecule has 0 aliphatic rings. The van der Waals surface area contributed by atoms with Crippen LogP contribution in [0.1, 0.15) is 12.2 Å². The molecule has 1 heterocycles. The molecule has 2 aromatic rings. The summed E-state index contributed by atoms with van der Waals surface area (Å²) >= 11 is 0. The van der Waals surface area contributed by atoms with Crippen LogP contribution in [0.4, 0.5) is 5.69 Å². The molecule has 0 aliphatic heterocycles. The fourth-order valence-electron chi connectivity index (χ4n) is 2.19. The van der Waals surface area contributed by atoms with E-state index in [0.29, 0.717) is 36.8 Å². The molecule has 0 radical (unpaired) electrons. The highest BCUT2D eigenvalue weighted by Crippen LogP contribution is 2.39. The zero-order chi connectivity index (χ0) is 17.4. The van der Waals surface area contributed by atoms with Crippen LogP contribution in [0.3, 0.4) is 0 Å². The van der Waals surface area contributed by atoms with Crippen molar-refractivity contribution in [2.75, 3.05) is 33.2 Å². The number of nitrogens with one attached hydrogen (secondary N) is 2. The van der Waals surface area contributed by atoms with Gasteiger partial charge in [0.2, 0.25) is 11.7 Å². The molecular weight excluding hydrogens is 312 g/mol. The molecule has 0 fully saturated rings. The third-order valence-corrected chi connectivity index (χ3v) is 3.39. The van der Waals surface area contributed by atoms with E-state index in [1.54, 1.807) is 45.8 Å². The van der Waals surface area contributed by atoms with Crippen molar-refractivity contribution in [3.8, 4) is 17.2 Å². The van der Waals surface area contributed by atoms with E-state index >= 15 is 0 Å². The molecule has 1 amide bonds. The molecule has 24 heavy (non-hydrogen) atoms. The lowest BCUT2D eigenvalue weighted by atomic mass is 10.2. The predicted octanol–water partition coefficient (Wildman–Crippen LogP) is 2.42. The van der Waals surface area contributed by atoms with Crippen molar-refractivity contribution in [1.29, 1.82) is 0 Å². The molecule has 0 spiro atoms. The van der Waals surface area contributed by atoms with E-state index in [0.717, 1.165) is 11.4 Å². The molecule has 7 nitrogen and oxygen atoms in total. The number of hydrogen-bond acceptors (Lipinski definition) is 6. The number of anilines is 1. The van der Waals surface area contributed by atoms with Gasteiger partial charge in [-0.15, -0.1) is 0 Å². The predicted molar refractivity (Wildman–Crippen MR) is 89.8 cm³/mol. The molecule has 7 heteroatoms. The van der Waals surface area contributed by atoms with Crippen molar-refractivity contribution in [3.05, 3.63) is 36.3 Å². The van der Waals surface area contributed by atoms with Gasteiger partial charge in [0.15, 0.2) is 11.5 Å². The largest absolute Gasteiger partial charge is 0.493 e. The Balaban J connectivity index is 1.86. The Morgan fingerprint density at radius 3 is 2.38 bits per heavy atom. The molecule has 0 saturated carbocycles. The Morgan fingerprint density at radius 1 is 1.12 bits per heavy atom. The molecule has 0 atom stereocenters. The molecule has 0 unspecified atom stereocenters. The van der Waals surface area contributed by atoms with Gasteiger partial charge < -0.3 is 29.3 Å². The molecule has 1 aromatic heterocycles. The van der Waals surface area contributed by atoms with Crippen molar-refractivity contribution in [3.63, 3.8) is 0 Å². The maximum absolute atomic E-state index is 11.8. The molecule has 2 rings (SSSR count). The Bertz CT molecular complexity index is 630. The monoisotopic (exact) mass is 334 g/mol. The summed E-state index contributed by atoms with van der Waals surface area (Å²) in [4.78, 5) is 11.8. The standard InChI is InChI=1S/C17H22N2O5/c1-21-14-9-12(10-15(22-2)17(14)23-3)18-7-6-16(20)19-11-13-5-4-8-24-13/h4-5,8-10,18H,6-7,11H2,1-3H3,(H,19,20). The van der Waals surface area contributed by atoms with E-state index < -0.39 is 0 Å². The van der Waals surface area contributed by atoms with Crippen LogP contribution in [0.15, 0.2) is 34.9 Å². The highest BCUT2D eigenvalue weighted by molar-refractivity contribution is 5.76. The van der Waals surface area contributed by atoms with Crippen LogP contribution in [0.5, 0.6) is 17.2 Å². The van der Waals surface area contributed by atoms with E-state index in [-0.39, 0.29) is 5.91 Å². The summed E-state index contributed by atoms with van der Waals surface area (Å²) in [7, 11) is 4.67. The normalized spacial score (nSPS) is 10.1. The van der Waals surface area contributed by atoms with E-state index in [4.69, 9.17) is 18.6 Å². The lowest BCUT2D eigenvalue weighted by molar-refractivity contribution is -0.121. The average Bonchev–Trinajstić information content (AvgIpc) is 3.12. The van der Waals surface area contributed by atoms with Gasteiger partial charge in [-0.25, -0.2) is 0 Å². The van der Waals surface area contributed by atoms with Crippen LogP contribution in [-0.2, 0) is 11.3 Å². The lowest BCUT2D eigenvalue weighted by Crippen LogP contribution is -2.24. The smallest absolute Gasteiger partial charge is 0.222 e. The summed E-state index contributed by atoms with van der Waals surface area (Å²) in [5.74, 6) is 2.30. The van der Waals surface area contributed by atoms with Crippen molar-refractivity contribution in [2.45, 2.75) is 13.0 Å². The summed E-state index contributed by atoms with van der Waals surface area (Å²) in [5.41, 5.74) is 0.781. The van der Waals surface area contributed by atoms with Crippen molar-refractivity contribution >= 4 is 11.6 Å². The number of amides is 1. The van der Waals surface area contributed by atoms with Gasteiger partial charge in [0.25, 0.3) is 0 Å². The van der Waals surface area contributed by atoms with E-state index in [1.807, 2.05) is 6.07 Å². The van der Waals surface area contributed by atoms with Crippen molar-refractivity contribution < 1.29 is 23.4 Å². The van der Waals surface area contributed by atoms with Gasteiger partial charge in [-0.05, 0) is 12.1 Å². The number of methoxy groups -OCH3 is 3. The number of carbonyl (C=O) groups excluding carboxylic acids is 1. The highest BCUT2D eigenvalue weighted by atomic mass is 16.5. The fraction of sp³-hybridized carbons (Fsp3) is 0.353. The number of furan rings is 1. The maximum Gasteiger partial charge on any atom is 0.222 e. The molecule has 0 aliphatic carbocycles. The van der Waals surface area contributed by atoms with Gasteiger partial charge in [-0.1, -0.05) is 0 Å². The fourth-order valence-corrected chi connectivity index (χ4v) is 2.19. The first-order valence-electron chi connectivity index (χ1n) is 7.51. The van der Waals surface area contributed by atoms with E-state index in [1.165, 1.54) is 0 Å². The van der Waals surface area contributed by atoms with E-state index in [2.05, 4.69) is 10.6 Å². The van der Waals surface area contributed by atoms with Gasteiger partial charge in [0, 0.05) is 30.8 Å². The number of rotatable bonds is 9. The third-order valence-electron chi connectivity index (χ3n) is 3.39. The van der Waals surface area contributed by atoms with Crippen LogP contribution in [-0.4, -0.2) is 33.8 Å². The maximum atomic E-state index is 11.8. The number of ether oxygens (including phenoxy) is 3. The summed E-state index contributed by atoms with van der Waals surface area (Å²) < 4.78 is 21.0. The van der Waals surface area contributed by atoms with Crippen molar-refractivity contribution in [2.24, 2.45) is 0 Å². The summed E-state index contributed by atoms with van der Waals surface area (Å²) in [6.45, 7) is 0.860. The molecule has 130 valence electrons. The summed E-state index contributed by atoms with van der Waals surface area (Å²) in [6.07, 6.45) is 1.91. The van der Waals surface area contributed by atoms with Gasteiger partial charge in [-0.2, -0.15) is 0 Å². The lowest BCUT2D eigenvalue weighted by Gasteiger charge is -2.15. The Kier molecular flexibility index (Phi) is 6.36. The summed E-state index contributed by atoms with van der Waals surface area (Å²) in [6, 6.07) is 7.19. The van der Waals surface area contributed by atoms with Crippen LogP contribution in [0.25, 0.3) is 0 Å². The second kappa shape index (κ2) is 8.71. The van der Waals surface area contributed by atoms with Crippen molar-refractivity contribution in [1.82, 2.24) is 5.32 Å². The number of carbonyl (C=O) groups is 1. The number of benzene rings is 1. The highest BCUT2D eigenvalue weighted by Gasteiger charge is 2.13. The Morgan fingerprint density at radius 2 is 1.83 bits per heavy atom. The Hall–Kier alpha value is -2.83. The minimum absolute atomic E-state index is 0.0636. The van der Waals surface area contributed by atoms with Gasteiger partial charge in [0.1, 0.15) is 5.76 Å². The Labute approximate surface area is 140 Å². The van der Waals surface area contributed by atoms with Gasteiger partial charge >= 0.3 is 0 Å². The quantitative estimate of drug-likeness (QED) is 0.733. The van der Waals surface area contributed by atoms with Crippen LogP contribution in [0, 0.1) is 0 Å². The first-order chi connectivity index (χ1) is 11.7. The second-order valence-electron chi connectivity index (χ2n) is 4.95. The molecule has 1 aromatic carbocycles. The van der Waals surface area contributed by atoms with Crippen LogP contribution in [0.2, 0.25) is 0 Å². The topological polar surface area (TPSA) is 82.0 Å². The zero-order valence-corrected chi connectivity index (χ0v) is 14.0. The minimum Gasteiger partial charge on any atom is -0.493 e. The van der Waals surface area contributed by atoms with Crippen LogP contribution >= 0.6 is 0 Å². The number of hydrogen-bond donors (Lipinski definition) is 2. The van der Waals surface area contributed by atoms with Gasteiger partial charge in [-0.3, -0.25) is 4.79 Å². The first kappa shape index (κ1) is 17.5. The summed E-state index contributed by atoms with van der Waals surface area (Å²) in [5, 5.41) is 5.96. The zero-order valence-electron chi connectivity index (χ0n) is 14.0.